The summed E-state index contributed by atoms with van der Waals surface area (Å²) < 4.78 is 5.53. The maximum atomic E-state index is 12.0. The summed E-state index contributed by atoms with van der Waals surface area (Å²) in [5, 5.41) is 3.23. The molecule has 4 nitrogen and oxygen atoms in total. The Bertz CT molecular complexity index is 540. The number of ether oxygens (including phenoxy) is 1. The number of halogens is 1. The van der Waals surface area contributed by atoms with Crippen molar-refractivity contribution in [2.75, 3.05) is 0 Å². The highest BCUT2D eigenvalue weighted by molar-refractivity contribution is 6.31. The molecule has 0 heterocycles. The van der Waals surface area contributed by atoms with Crippen molar-refractivity contribution in [1.29, 1.82) is 0 Å². The van der Waals surface area contributed by atoms with Gasteiger partial charge in [0.2, 0.25) is 0 Å². The summed E-state index contributed by atoms with van der Waals surface area (Å²) in [6, 6.07) is 7.14. The van der Waals surface area contributed by atoms with Crippen LogP contribution in [0.1, 0.15) is 39.2 Å². The van der Waals surface area contributed by atoms with E-state index in [-0.39, 0.29) is 18.6 Å². The molecule has 0 atom stereocenters. The van der Waals surface area contributed by atoms with Gasteiger partial charge < -0.3 is 10.1 Å². The van der Waals surface area contributed by atoms with E-state index < -0.39 is 17.2 Å². The Labute approximate surface area is 123 Å². The molecule has 1 amide bonds. The summed E-state index contributed by atoms with van der Waals surface area (Å²) >= 11 is 6.16. The van der Waals surface area contributed by atoms with Crippen LogP contribution in [0.15, 0.2) is 24.3 Å². The van der Waals surface area contributed by atoms with Crippen LogP contribution in [0.3, 0.4) is 0 Å². The third-order valence-corrected chi connectivity index (χ3v) is 3.42. The molecule has 1 aliphatic rings. The summed E-state index contributed by atoms with van der Waals surface area (Å²) in [5.74, 6) is 0.0634. The van der Waals surface area contributed by atoms with Gasteiger partial charge in [-0.05, 0) is 26.8 Å². The van der Waals surface area contributed by atoms with E-state index in [1.54, 1.807) is 18.2 Å². The molecule has 0 bridgehead atoms. The molecule has 1 aromatic carbocycles. The number of nitrogens with one attached hydrogen (secondary N) is 1. The van der Waals surface area contributed by atoms with Gasteiger partial charge >= 0.3 is 6.09 Å². The lowest BCUT2D eigenvalue weighted by molar-refractivity contribution is -0.143. The molecular weight excluding hydrogens is 278 g/mol. The van der Waals surface area contributed by atoms with Crippen LogP contribution in [-0.2, 0) is 15.1 Å². The molecule has 0 aliphatic heterocycles. The lowest BCUT2D eigenvalue weighted by Crippen LogP contribution is -2.50. The Balaban J connectivity index is 2.22. The Kier molecular flexibility index (Phi) is 3.78. The van der Waals surface area contributed by atoms with Gasteiger partial charge in [0.25, 0.3) is 0 Å². The van der Waals surface area contributed by atoms with Gasteiger partial charge in [0.1, 0.15) is 5.78 Å². The Hall–Kier alpha value is -1.55. The van der Waals surface area contributed by atoms with E-state index in [2.05, 4.69) is 5.32 Å². The van der Waals surface area contributed by atoms with Crippen molar-refractivity contribution < 1.29 is 14.3 Å². The molecule has 0 spiro atoms. The number of benzene rings is 1. The number of hydrogen-bond donors (Lipinski definition) is 1. The molecule has 1 fully saturated rings. The van der Waals surface area contributed by atoms with E-state index in [4.69, 9.17) is 16.3 Å². The molecule has 0 saturated heterocycles. The van der Waals surface area contributed by atoms with Gasteiger partial charge in [-0.2, -0.15) is 0 Å². The SMILES string of the molecule is CC(C)(C)NC(=O)OC1(c2ccccc2Cl)CC(=O)C1. The lowest BCUT2D eigenvalue weighted by Gasteiger charge is -2.41. The fourth-order valence-electron chi connectivity index (χ4n) is 2.24. The zero-order valence-electron chi connectivity index (χ0n) is 11.8. The van der Waals surface area contributed by atoms with E-state index >= 15 is 0 Å². The van der Waals surface area contributed by atoms with E-state index in [0.717, 1.165) is 0 Å². The fraction of sp³-hybridized carbons (Fsp3) is 0.467. The predicted octanol–water partition coefficient (Wildman–Crippen LogP) is 3.42. The Morgan fingerprint density at radius 2 is 1.90 bits per heavy atom. The quantitative estimate of drug-likeness (QED) is 0.909. The van der Waals surface area contributed by atoms with Gasteiger partial charge in [0.05, 0.1) is 12.8 Å². The number of carbonyl (C=O) groups excluding carboxylic acids is 2. The van der Waals surface area contributed by atoms with E-state index in [0.29, 0.717) is 10.6 Å². The van der Waals surface area contributed by atoms with Crippen LogP contribution in [0.2, 0.25) is 5.02 Å². The molecule has 108 valence electrons. The molecule has 1 aliphatic carbocycles. The summed E-state index contributed by atoms with van der Waals surface area (Å²) in [6.07, 6.45) is -0.187. The zero-order valence-corrected chi connectivity index (χ0v) is 12.6. The third kappa shape index (κ3) is 3.12. The van der Waals surface area contributed by atoms with E-state index in [1.165, 1.54) is 0 Å². The number of carbonyl (C=O) groups is 2. The first kappa shape index (κ1) is 14.9. The van der Waals surface area contributed by atoms with Gasteiger partial charge in [0.15, 0.2) is 5.60 Å². The van der Waals surface area contributed by atoms with Crippen molar-refractivity contribution in [3.05, 3.63) is 34.9 Å². The molecular formula is C15H18ClNO3. The van der Waals surface area contributed by atoms with Crippen molar-refractivity contribution in [2.45, 2.75) is 44.8 Å². The number of Topliss-reactive ketones (excluding diaryl/α,β-unsaturated/α-hetero) is 1. The second-order valence-electron chi connectivity index (χ2n) is 6.13. The molecule has 0 aromatic heterocycles. The fourth-order valence-corrected chi connectivity index (χ4v) is 2.55. The van der Waals surface area contributed by atoms with Crippen molar-refractivity contribution in [2.24, 2.45) is 0 Å². The summed E-state index contributed by atoms with van der Waals surface area (Å²) in [4.78, 5) is 23.4. The van der Waals surface area contributed by atoms with Crippen molar-refractivity contribution >= 4 is 23.5 Å². The van der Waals surface area contributed by atoms with Crippen LogP contribution in [-0.4, -0.2) is 17.4 Å². The zero-order chi connectivity index (χ0) is 15.0. The number of alkyl carbamates (subject to hydrolysis) is 1. The largest absolute Gasteiger partial charge is 0.437 e. The second kappa shape index (κ2) is 5.09. The maximum Gasteiger partial charge on any atom is 0.408 e. The first-order valence-corrected chi connectivity index (χ1v) is 6.88. The topological polar surface area (TPSA) is 55.4 Å². The highest BCUT2D eigenvalue weighted by Gasteiger charge is 2.50. The van der Waals surface area contributed by atoms with E-state index in [9.17, 15) is 9.59 Å². The first-order valence-electron chi connectivity index (χ1n) is 6.50. The first-order chi connectivity index (χ1) is 9.22. The van der Waals surface area contributed by atoms with Gasteiger partial charge in [-0.1, -0.05) is 29.8 Å². The monoisotopic (exact) mass is 295 g/mol. The molecule has 1 aromatic rings. The maximum absolute atomic E-state index is 12.0. The normalized spacial score (nSPS) is 17.3. The molecule has 1 saturated carbocycles. The predicted molar refractivity (Wildman–Crippen MR) is 76.7 cm³/mol. The van der Waals surface area contributed by atoms with Gasteiger partial charge in [-0.15, -0.1) is 0 Å². The van der Waals surface area contributed by atoms with Crippen LogP contribution in [0.25, 0.3) is 0 Å². The minimum absolute atomic E-state index is 0.0634. The molecule has 2 rings (SSSR count). The van der Waals surface area contributed by atoms with Crippen molar-refractivity contribution in [3.8, 4) is 0 Å². The smallest absolute Gasteiger partial charge is 0.408 e. The molecule has 20 heavy (non-hydrogen) atoms. The molecule has 1 N–H and O–H groups in total. The lowest BCUT2D eigenvalue weighted by atomic mass is 9.74. The minimum Gasteiger partial charge on any atom is -0.437 e. The van der Waals surface area contributed by atoms with Crippen LogP contribution in [0, 0.1) is 0 Å². The minimum atomic E-state index is -0.926. The van der Waals surface area contributed by atoms with Crippen molar-refractivity contribution in [1.82, 2.24) is 5.32 Å². The van der Waals surface area contributed by atoms with Crippen LogP contribution < -0.4 is 5.32 Å². The average Bonchev–Trinajstić information content (AvgIpc) is 2.24. The highest BCUT2D eigenvalue weighted by Crippen LogP contribution is 2.45. The summed E-state index contributed by atoms with van der Waals surface area (Å²) in [5.41, 5.74) is -0.637. The number of amides is 1. The third-order valence-electron chi connectivity index (χ3n) is 3.10. The highest BCUT2D eigenvalue weighted by atomic mass is 35.5. The number of rotatable bonds is 2. The molecule has 5 heteroatoms. The van der Waals surface area contributed by atoms with Crippen LogP contribution in [0.5, 0.6) is 0 Å². The second-order valence-corrected chi connectivity index (χ2v) is 6.54. The van der Waals surface area contributed by atoms with Crippen molar-refractivity contribution in [3.63, 3.8) is 0 Å². The molecule has 0 unspecified atom stereocenters. The van der Waals surface area contributed by atoms with Crippen LogP contribution >= 0.6 is 11.6 Å². The standard InChI is InChI=1S/C15H18ClNO3/c1-14(2,3)17-13(19)20-15(8-10(18)9-15)11-6-4-5-7-12(11)16/h4-7H,8-9H2,1-3H3,(H,17,19). The summed E-state index contributed by atoms with van der Waals surface area (Å²) in [6.45, 7) is 5.59. The number of hydrogen-bond acceptors (Lipinski definition) is 3. The van der Waals surface area contributed by atoms with Crippen LogP contribution in [0.4, 0.5) is 4.79 Å². The Morgan fingerprint density at radius 3 is 2.40 bits per heavy atom. The number of ketones is 1. The molecule has 0 radical (unpaired) electrons. The van der Waals surface area contributed by atoms with E-state index in [1.807, 2.05) is 26.8 Å². The average molecular weight is 296 g/mol. The van der Waals surface area contributed by atoms with Gasteiger partial charge in [-0.25, -0.2) is 4.79 Å². The van der Waals surface area contributed by atoms with Gasteiger partial charge in [-0.3, -0.25) is 4.79 Å². The Morgan fingerprint density at radius 1 is 1.30 bits per heavy atom. The summed E-state index contributed by atoms with van der Waals surface area (Å²) in [7, 11) is 0. The van der Waals surface area contributed by atoms with Gasteiger partial charge in [0, 0.05) is 16.1 Å².